The first-order valence-corrected chi connectivity index (χ1v) is 7.73. The summed E-state index contributed by atoms with van der Waals surface area (Å²) in [4.78, 5) is 23.7. The average molecular weight is 332 g/mol. The van der Waals surface area contributed by atoms with Gasteiger partial charge >= 0.3 is 5.97 Å². The van der Waals surface area contributed by atoms with E-state index in [9.17, 15) is 14.0 Å². The zero-order chi connectivity index (χ0) is 17.2. The first kappa shape index (κ1) is 16.2. The van der Waals surface area contributed by atoms with Crippen molar-refractivity contribution in [3.05, 3.63) is 41.8 Å². The van der Waals surface area contributed by atoms with Gasteiger partial charge in [-0.2, -0.15) is 0 Å². The SMILES string of the molecule is CCOC(=O)CNC(=O)C1(c2cc(-c3ccccc3F)on2)CC1. The van der Waals surface area contributed by atoms with Gasteiger partial charge in [0.1, 0.15) is 12.4 Å². The number of hydrogen-bond acceptors (Lipinski definition) is 5. The van der Waals surface area contributed by atoms with E-state index < -0.39 is 17.2 Å². The Balaban J connectivity index is 1.74. The summed E-state index contributed by atoms with van der Waals surface area (Å²) in [7, 11) is 0. The summed E-state index contributed by atoms with van der Waals surface area (Å²) in [5, 5.41) is 6.49. The molecule has 0 saturated heterocycles. The van der Waals surface area contributed by atoms with Gasteiger partial charge in [-0.05, 0) is 31.9 Å². The van der Waals surface area contributed by atoms with Gasteiger partial charge in [0.25, 0.3) is 0 Å². The van der Waals surface area contributed by atoms with Crippen LogP contribution in [0.25, 0.3) is 11.3 Å². The lowest BCUT2D eigenvalue weighted by atomic mass is 10.0. The number of hydrogen-bond donors (Lipinski definition) is 1. The van der Waals surface area contributed by atoms with Crippen LogP contribution in [0.4, 0.5) is 4.39 Å². The second-order valence-corrected chi connectivity index (χ2v) is 5.63. The second-order valence-electron chi connectivity index (χ2n) is 5.63. The van der Waals surface area contributed by atoms with E-state index in [2.05, 4.69) is 10.5 Å². The molecule has 1 saturated carbocycles. The predicted octanol–water partition coefficient (Wildman–Crippen LogP) is 2.19. The smallest absolute Gasteiger partial charge is 0.325 e. The minimum atomic E-state index is -0.806. The van der Waals surface area contributed by atoms with Crippen molar-refractivity contribution in [3.8, 4) is 11.3 Å². The van der Waals surface area contributed by atoms with E-state index in [1.54, 1.807) is 31.2 Å². The van der Waals surface area contributed by atoms with E-state index in [0.717, 1.165) is 0 Å². The van der Waals surface area contributed by atoms with E-state index in [4.69, 9.17) is 9.26 Å². The molecule has 1 aliphatic carbocycles. The Kier molecular flexibility index (Phi) is 4.33. The van der Waals surface area contributed by atoms with Gasteiger partial charge in [0, 0.05) is 6.07 Å². The molecule has 0 bridgehead atoms. The molecule has 1 amide bonds. The van der Waals surface area contributed by atoms with Gasteiger partial charge in [0.15, 0.2) is 5.76 Å². The summed E-state index contributed by atoms with van der Waals surface area (Å²) in [6.45, 7) is 1.77. The standard InChI is InChI=1S/C17H17FN2O4/c1-2-23-15(21)10-19-16(22)17(7-8-17)14-9-13(24-20-14)11-5-3-4-6-12(11)18/h3-6,9H,2,7-8,10H2,1H3,(H,19,22). The van der Waals surface area contributed by atoms with Crippen LogP contribution >= 0.6 is 0 Å². The number of rotatable bonds is 6. The summed E-state index contributed by atoms with van der Waals surface area (Å²) in [6.07, 6.45) is 1.20. The molecule has 1 aromatic carbocycles. The van der Waals surface area contributed by atoms with Crippen molar-refractivity contribution in [3.63, 3.8) is 0 Å². The normalized spacial score (nSPS) is 14.9. The molecular formula is C17H17FN2O4. The highest BCUT2D eigenvalue weighted by molar-refractivity contribution is 5.93. The van der Waals surface area contributed by atoms with E-state index in [-0.39, 0.29) is 24.8 Å². The number of aromatic nitrogens is 1. The Morgan fingerprint density at radius 1 is 1.38 bits per heavy atom. The molecule has 6 nitrogen and oxygen atoms in total. The number of ether oxygens (including phenoxy) is 1. The van der Waals surface area contributed by atoms with Gasteiger partial charge in [-0.15, -0.1) is 0 Å². The van der Waals surface area contributed by atoms with Gasteiger partial charge < -0.3 is 14.6 Å². The number of halogens is 1. The maximum Gasteiger partial charge on any atom is 0.325 e. The molecule has 0 atom stereocenters. The Morgan fingerprint density at radius 2 is 2.12 bits per heavy atom. The van der Waals surface area contributed by atoms with Crippen LogP contribution in [0.3, 0.4) is 0 Å². The minimum Gasteiger partial charge on any atom is -0.465 e. The molecule has 3 rings (SSSR count). The first-order chi connectivity index (χ1) is 11.6. The summed E-state index contributed by atoms with van der Waals surface area (Å²) >= 11 is 0. The van der Waals surface area contributed by atoms with E-state index in [0.29, 0.717) is 24.1 Å². The van der Waals surface area contributed by atoms with Crippen molar-refractivity contribution >= 4 is 11.9 Å². The topological polar surface area (TPSA) is 81.4 Å². The van der Waals surface area contributed by atoms with Crippen LogP contribution < -0.4 is 5.32 Å². The lowest BCUT2D eigenvalue weighted by Gasteiger charge is -2.11. The fourth-order valence-corrected chi connectivity index (χ4v) is 2.55. The molecule has 0 aliphatic heterocycles. The average Bonchev–Trinajstić information content (AvgIpc) is 3.24. The van der Waals surface area contributed by atoms with Crippen LogP contribution in [0.1, 0.15) is 25.5 Å². The highest BCUT2D eigenvalue weighted by Gasteiger charge is 2.53. The van der Waals surface area contributed by atoms with Crippen LogP contribution in [-0.2, 0) is 19.7 Å². The van der Waals surface area contributed by atoms with Gasteiger partial charge in [0.2, 0.25) is 5.91 Å². The van der Waals surface area contributed by atoms with Crippen molar-refractivity contribution in [1.82, 2.24) is 10.5 Å². The third-order valence-electron chi connectivity index (χ3n) is 4.02. The van der Waals surface area contributed by atoms with Crippen LogP contribution in [-0.4, -0.2) is 30.2 Å². The molecular weight excluding hydrogens is 315 g/mol. The molecule has 126 valence electrons. The lowest BCUT2D eigenvalue weighted by Crippen LogP contribution is -2.38. The molecule has 0 radical (unpaired) electrons. The summed E-state index contributed by atoms with van der Waals surface area (Å²) in [6, 6.07) is 7.77. The Labute approximate surface area is 138 Å². The Morgan fingerprint density at radius 3 is 2.79 bits per heavy atom. The molecule has 1 aromatic heterocycles. The number of carbonyl (C=O) groups excluding carboxylic acids is 2. The van der Waals surface area contributed by atoms with Crippen molar-refractivity contribution in [2.45, 2.75) is 25.2 Å². The number of benzene rings is 1. The summed E-state index contributed by atoms with van der Waals surface area (Å²) in [5.74, 6) is -0.942. The molecule has 1 aliphatic rings. The molecule has 1 N–H and O–H groups in total. The summed E-state index contributed by atoms with van der Waals surface area (Å²) in [5.41, 5.74) is -0.0689. The van der Waals surface area contributed by atoms with Crippen LogP contribution in [0.15, 0.2) is 34.9 Å². The van der Waals surface area contributed by atoms with Crippen molar-refractivity contribution in [2.75, 3.05) is 13.2 Å². The van der Waals surface area contributed by atoms with Crippen LogP contribution in [0.5, 0.6) is 0 Å². The second kappa shape index (κ2) is 6.43. The molecule has 0 unspecified atom stereocenters. The molecule has 7 heteroatoms. The minimum absolute atomic E-state index is 0.188. The van der Waals surface area contributed by atoms with Crippen molar-refractivity contribution in [1.29, 1.82) is 0 Å². The van der Waals surface area contributed by atoms with Crippen LogP contribution in [0.2, 0.25) is 0 Å². The van der Waals surface area contributed by atoms with E-state index in [1.807, 2.05) is 0 Å². The fourth-order valence-electron chi connectivity index (χ4n) is 2.55. The quantitative estimate of drug-likeness (QED) is 0.820. The molecule has 1 heterocycles. The summed E-state index contributed by atoms with van der Waals surface area (Å²) < 4.78 is 23.8. The van der Waals surface area contributed by atoms with Gasteiger partial charge in [-0.1, -0.05) is 17.3 Å². The number of nitrogens with zero attached hydrogens (tertiary/aromatic N) is 1. The molecule has 0 spiro atoms. The lowest BCUT2D eigenvalue weighted by molar-refractivity contribution is -0.143. The molecule has 1 fully saturated rings. The van der Waals surface area contributed by atoms with Crippen molar-refractivity contribution in [2.24, 2.45) is 0 Å². The maximum absolute atomic E-state index is 13.8. The van der Waals surface area contributed by atoms with Gasteiger partial charge in [-0.3, -0.25) is 9.59 Å². The van der Waals surface area contributed by atoms with E-state index in [1.165, 1.54) is 6.07 Å². The zero-order valence-corrected chi connectivity index (χ0v) is 13.2. The van der Waals surface area contributed by atoms with E-state index >= 15 is 0 Å². The zero-order valence-electron chi connectivity index (χ0n) is 13.2. The predicted molar refractivity (Wildman–Crippen MR) is 82.5 cm³/mol. The monoisotopic (exact) mass is 332 g/mol. The maximum atomic E-state index is 13.8. The van der Waals surface area contributed by atoms with Gasteiger partial charge in [-0.25, -0.2) is 4.39 Å². The Bertz CT molecular complexity index is 767. The third kappa shape index (κ3) is 3.02. The number of esters is 1. The highest BCUT2D eigenvalue weighted by Crippen LogP contribution is 2.48. The molecule has 24 heavy (non-hydrogen) atoms. The molecule has 2 aromatic rings. The fraction of sp³-hybridized carbons (Fsp3) is 0.353. The van der Waals surface area contributed by atoms with Crippen LogP contribution in [0, 0.1) is 5.82 Å². The Hall–Kier alpha value is -2.70. The number of amides is 1. The third-order valence-corrected chi connectivity index (χ3v) is 4.02. The largest absolute Gasteiger partial charge is 0.465 e. The number of nitrogens with one attached hydrogen (secondary N) is 1. The first-order valence-electron chi connectivity index (χ1n) is 7.73. The van der Waals surface area contributed by atoms with Gasteiger partial charge in [0.05, 0.1) is 23.3 Å². The highest BCUT2D eigenvalue weighted by atomic mass is 19.1. The number of carbonyl (C=O) groups is 2. The van der Waals surface area contributed by atoms with Crippen molar-refractivity contribution < 1.29 is 23.2 Å².